The summed E-state index contributed by atoms with van der Waals surface area (Å²) >= 11 is 0. The second-order valence-corrected chi connectivity index (χ2v) is 6.02. The van der Waals surface area contributed by atoms with Gasteiger partial charge in [-0.2, -0.15) is 0 Å². The molecule has 0 aromatic carbocycles. The summed E-state index contributed by atoms with van der Waals surface area (Å²) < 4.78 is 1.90. The molecule has 2 amide bonds. The van der Waals surface area contributed by atoms with E-state index in [-0.39, 0.29) is 11.8 Å². The van der Waals surface area contributed by atoms with Crippen molar-refractivity contribution in [3.8, 4) is 5.82 Å². The molecular formula is C18H23N5O2. The third kappa shape index (κ3) is 4.24. The van der Waals surface area contributed by atoms with E-state index in [1.807, 2.05) is 53.0 Å². The van der Waals surface area contributed by atoms with E-state index < -0.39 is 0 Å². The fourth-order valence-electron chi connectivity index (χ4n) is 2.90. The van der Waals surface area contributed by atoms with E-state index in [1.54, 1.807) is 6.20 Å². The molecule has 1 saturated heterocycles. The Balaban J connectivity index is 1.55. The predicted octanol–water partition coefficient (Wildman–Crippen LogP) is 0.766. The number of carbonyl (C=O) groups excluding carboxylic acids is 2. The molecule has 25 heavy (non-hydrogen) atoms. The molecule has 7 heteroatoms. The van der Waals surface area contributed by atoms with Crippen LogP contribution in [0.25, 0.3) is 5.82 Å². The molecule has 7 nitrogen and oxygen atoms in total. The Labute approximate surface area is 147 Å². The van der Waals surface area contributed by atoms with E-state index >= 15 is 0 Å². The number of carbonyl (C=O) groups is 2. The first-order chi connectivity index (χ1) is 12.2. The van der Waals surface area contributed by atoms with Gasteiger partial charge in [0, 0.05) is 51.3 Å². The number of amides is 2. The molecule has 0 spiro atoms. The number of nitrogens with zero attached hydrogens (tertiary/aromatic N) is 4. The third-order valence-corrected chi connectivity index (χ3v) is 4.26. The van der Waals surface area contributed by atoms with Crippen LogP contribution < -0.4 is 5.32 Å². The molecule has 132 valence electrons. The fraction of sp³-hybridized carbons (Fsp3) is 0.389. The average Bonchev–Trinajstić information content (AvgIpc) is 3.17. The molecule has 1 N–H and O–H groups in total. The minimum absolute atomic E-state index is 0.00999. The number of nitrogens with one attached hydrogen (secondary N) is 1. The van der Waals surface area contributed by atoms with Crippen LogP contribution in [0.3, 0.4) is 0 Å². The van der Waals surface area contributed by atoms with Crippen LogP contribution in [0.15, 0.2) is 42.9 Å². The van der Waals surface area contributed by atoms with Gasteiger partial charge in [0.05, 0.1) is 12.1 Å². The molecule has 1 aliphatic rings. The molecule has 0 saturated carbocycles. The van der Waals surface area contributed by atoms with Gasteiger partial charge in [-0.15, -0.1) is 0 Å². The van der Waals surface area contributed by atoms with Gasteiger partial charge in [-0.3, -0.25) is 14.5 Å². The Bertz CT molecular complexity index is 704. The minimum atomic E-state index is -0.00999. The summed E-state index contributed by atoms with van der Waals surface area (Å²) in [6.07, 6.45) is 5.45. The first-order valence-corrected chi connectivity index (χ1v) is 8.55. The Hall–Kier alpha value is -2.67. The van der Waals surface area contributed by atoms with Gasteiger partial charge < -0.3 is 14.8 Å². The molecule has 2 aromatic rings. The van der Waals surface area contributed by atoms with Crippen molar-refractivity contribution in [3.05, 3.63) is 48.4 Å². The van der Waals surface area contributed by atoms with Crippen LogP contribution in [0.2, 0.25) is 0 Å². The van der Waals surface area contributed by atoms with Gasteiger partial charge in [-0.1, -0.05) is 0 Å². The standard InChI is InChI=1S/C18H23N5O2/c1-2-19-17(24)14-21-9-11-23(12-10-21)18(25)15-5-6-16(20-13-15)22-7-3-4-8-22/h3-8,13H,2,9-12,14H2,1H3,(H,19,24). The highest BCUT2D eigenvalue weighted by Gasteiger charge is 2.23. The SMILES string of the molecule is CCNC(=O)CN1CCN(C(=O)c2ccc(-n3cccc3)nc2)CC1. The summed E-state index contributed by atoms with van der Waals surface area (Å²) in [6, 6.07) is 7.52. The molecule has 1 fully saturated rings. The van der Waals surface area contributed by atoms with Gasteiger partial charge in [0.2, 0.25) is 5.91 Å². The van der Waals surface area contributed by atoms with Crippen LogP contribution in [0.4, 0.5) is 0 Å². The van der Waals surface area contributed by atoms with Gasteiger partial charge >= 0.3 is 0 Å². The van der Waals surface area contributed by atoms with E-state index in [0.717, 1.165) is 5.82 Å². The van der Waals surface area contributed by atoms with Crippen LogP contribution in [-0.4, -0.2) is 70.4 Å². The highest BCUT2D eigenvalue weighted by atomic mass is 16.2. The number of piperazine rings is 1. The molecule has 1 aliphatic heterocycles. The molecular weight excluding hydrogens is 318 g/mol. The van der Waals surface area contributed by atoms with E-state index in [4.69, 9.17) is 0 Å². The molecule has 3 heterocycles. The van der Waals surface area contributed by atoms with Crippen molar-refractivity contribution in [3.63, 3.8) is 0 Å². The highest BCUT2D eigenvalue weighted by Crippen LogP contribution is 2.11. The van der Waals surface area contributed by atoms with Crippen LogP contribution in [0.1, 0.15) is 17.3 Å². The maximum absolute atomic E-state index is 12.6. The van der Waals surface area contributed by atoms with Crippen molar-refractivity contribution in [1.29, 1.82) is 0 Å². The lowest BCUT2D eigenvalue weighted by atomic mass is 10.2. The number of likely N-dealkylation sites (N-methyl/N-ethyl adjacent to an activating group) is 1. The average molecular weight is 341 g/mol. The topological polar surface area (TPSA) is 70.5 Å². The number of hydrogen-bond acceptors (Lipinski definition) is 4. The largest absolute Gasteiger partial charge is 0.355 e. The minimum Gasteiger partial charge on any atom is -0.355 e. The summed E-state index contributed by atoms with van der Waals surface area (Å²) in [5.74, 6) is 0.810. The first kappa shape index (κ1) is 17.2. The van der Waals surface area contributed by atoms with Crippen molar-refractivity contribution in [2.75, 3.05) is 39.3 Å². The summed E-state index contributed by atoms with van der Waals surface area (Å²) in [4.78, 5) is 32.5. The zero-order valence-corrected chi connectivity index (χ0v) is 14.4. The van der Waals surface area contributed by atoms with Gasteiger partial charge in [0.25, 0.3) is 5.91 Å². The van der Waals surface area contributed by atoms with E-state index in [9.17, 15) is 9.59 Å². The van der Waals surface area contributed by atoms with Crippen molar-refractivity contribution in [2.24, 2.45) is 0 Å². The van der Waals surface area contributed by atoms with Gasteiger partial charge in [0.1, 0.15) is 5.82 Å². The maximum atomic E-state index is 12.6. The molecule has 3 rings (SSSR count). The Morgan fingerprint density at radius 2 is 1.84 bits per heavy atom. The van der Waals surface area contributed by atoms with Crippen molar-refractivity contribution >= 4 is 11.8 Å². The zero-order valence-electron chi connectivity index (χ0n) is 14.4. The van der Waals surface area contributed by atoms with Crippen LogP contribution in [-0.2, 0) is 4.79 Å². The summed E-state index contributed by atoms with van der Waals surface area (Å²) in [7, 11) is 0. The summed E-state index contributed by atoms with van der Waals surface area (Å²) in [5, 5.41) is 2.80. The van der Waals surface area contributed by atoms with Crippen LogP contribution in [0, 0.1) is 0 Å². The first-order valence-electron chi connectivity index (χ1n) is 8.55. The fourth-order valence-corrected chi connectivity index (χ4v) is 2.90. The number of rotatable bonds is 5. The number of pyridine rings is 1. The molecule has 0 atom stereocenters. The van der Waals surface area contributed by atoms with Crippen molar-refractivity contribution < 1.29 is 9.59 Å². The lowest BCUT2D eigenvalue weighted by molar-refractivity contribution is -0.122. The molecule has 2 aromatic heterocycles. The monoisotopic (exact) mass is 341 g/mol. The maximum Gasteiger partial charge on any atom is 0.255 e. The lowest BCUT2D eigenvalue weighted by Crippen LogP contribution is -2.51. The quantitative estimate of drug-likeness (QED) is 0.872. The van der Waals surface area contributed by atoms with E-state index in [0.29, 0.717) is 44.8 Å². The van der Waals surface area contributed by atoms with Crippen molar-refractivity contribution in [2.45, 2.75) is 6.92 Å². The highest BCUT2D eigenvalue weighted by molar-refractivity contribution is 5.94. The molecule has 0 unspecified atom stereocenters. The predicted molar refractivity (Wildman–Crippen MR) is 94.6 cm³/mol. The van der Waals surface area contributed by atoms with Gasteiger partial charge in [-0.25, -0.2) is 4.98 Å². The van der Waals surface area contributed by atoms with E-state index in [1.165, 1.54) is 0 Å². The second-order valence-electron chi connectivity index (χ2n) is 6.02. The van der Waals surface area contributed by atoms with Crippen molar-refractivity contribution in [1.82, 2.24) is 24.7 Å². The smallest absolute Gasteiger partial charge is 0.255 e. The Kier molecular flexibility index (Phi) is 5.45. The van der Waals surface area contributed by atoms with E-state index in [2.05, 4.69) is 15.2 Å². The van der Waals surface area contributed by atoms with Gasteiger partial charge in [-0.05, 0) is 31.2 Å². The second kappa shape index (κ2) is 7.94. The number of hydrogen-bond donors (Lipinski definition) is 1. The Morgan fingerprint density at radius 1 is 1.12 bits per heavy atom. The van der Waals surface area contributed by atoms with Gasteiger partial charge in [0.15, 0.2) is 0 Å². The zero-order chi connectivity index (χ0) is 17.6. The van der Waals surface area contributed by atoms with Crippen LogP contribution >= 0.6 is 0 Å². The lowest BCUT2D eigenvalue weighted by Gasteiger charge is -2.34. The Morgan fingerprint density at radius 3 is 2.44 bits per heavy atom. The molecule has 0 aliphatic carbocycles. The number of aromatic nitrogens is 2. The molecule has 0 bridgehead atoms. The summed E-state index contributed by atoms with van der Waals surface area (Å²) in [6.45, 7) is 5.60. The molecule has 0 radical (unpaired) electrons. The third-order valence-electron chi connectivity index (χ3n) is 4.26. The normalized spacial score (nSPS) is 15.2. The van der Waals surface area contributed by atoms with Crippen LogP contribution in [0.5, 0.6) is 0 Å². The summed E-state index contributed by atoms with van der Waals surface area (Å²) in [5.41, 5.74) is 0.591.